The van der Waals surface area contributed by atoms with Crippen LogP contribution in [0.3, 0.4) is 0 Å². The van der Waals surface area contributed by atoms with Crippen LogP contribution in [-0.2, 0) is 70.8 Å². The fourth-order valence-corrected chi connectivity index (χ4v) is 12.9. The number of hydrogen-bond donors (Lipinski definition) is 0. The van der Waals surface area contributed by atoms with Crippen molar-refractivity contribution in [2.75, 3.05) is 25.5 Å². The second-order valence-electron chi connectivity index (χ2n) is 24.2. The van der Waals surface area contributed by atoms with Crippen molar-refractivity contribution in [3.63, 3.8) is 0 Å². The van der Waals surface area contributed by atoms with E-state index in [1.807, 2.05) is 150 Å². The molecule has 104 heavy (non-hydrogen) atoms. The van der Waals surface area contributed by atoms with Crippen LogP contribution in [0.25, 0.3) is 66.9 Å². The van der Waals surface area contributed by atoms with E-state index in [9.17, 15) is 24.0 Å². The van der Waals surface area contributed by atoms with Crippen molar-refractivity contribution >= 4 is 123 Å². The number of likely N-dealkylation sites (tertiary alicyclic amines) is 1. The van der Waals surface area contributed by atoms with E-state index in [1.54, 1.807) is 75.0 Å². The van der Waals surface area contributed by atoms with Gasteiger partial charge in [-0.05, 0) is 240 Å². The van der Waals surface area contributed by atoms with Gasteiger partial charge in [-0.3, -0.25) is 53.7 Å². The van der Waals surface area contributed by atoms with Gasteiger partial charge in [0.05, 0.1) is 114 Å². The number of fused-ring (bicyclic) bond motifs is 4. The van der Waals surface area contributed by atoms with Crippen LogP contribution in [0.4, 0.5) is 0 Å². The number of carbonyl (C=O) groups is 5. The Bertz CT molecular complexity index is 5270. The number of pyridine rings is 4. The zero-order valence-corrected chi connectivity index (χ0v) is 65.5. The van der Waals surface area contributed by atoms with Crippen molar-refractivity contribution in [1.29, 1.82) is 21.0 Å². The molecule has 0 aliphatic carbocycles. The van der Waals surface area contributed by atoms with Crippen LogP contribution in [0.1, 0.15) is 130 Å². The topological polar surface area (TPSA) is 255 Å². The summed E-state index contributed by atoms with van der Waals surface area (Å²) in [6.45, 7) is 14.8. The summed E-state index contributed by atoms with van der Waals surface area (Å²) in [6, 6.07) is 49.8. The quantitative estimate of drug-likeness (QED) is 0.0400. The van der Waals surface area contributed by atoms with E-state index in [2.05, 4.69) is 85.2 Å². The SMILES string of the molecule is C.CC(=O)Cc1cnc2c(C(=O)CCl)c(C)n(-c3ccc(C#N)cc3)c2c1.CC(=O)Cc1cnc2c(C(=O)CN3CCCCC3)c(C)n(-c3ccc(C#N)cc3)c2c1.CC(=O)Cc1cnc2cc(C)n(-c3ccc(C#N)cc3)c2c1.Cc1cc2ncc(Br)cc2n1-c1ccc(C#N)cc1.[CH2-]I.[CH3-].[V].[V]. The number of carbonyl (C=O) groups excluding carboxylic acids is 5. The zero-order valence-electron chi connectivity index (χ0n) is 58.2. The number of benzene rings is 4. The van der Waals surface area contributed by atoms with Crippen molar-refractivity contribution in [1.82, 2.24) is 43.1 Å². The molecule has 4 aromatic carbocycles. The van der Waals surface area contributed by atoms with Crippen LogP contribution in [0.2, 0.25) is 0 Å². The predicted molar refractivity (Wildman–Crippen MR) is 415 cm³/mol. The summed E-state index contributed by atoms with van der Waals surface area (Å²) in [5.41, 5.74) is 20.1. The van der Waals surface area contributed by atoms with E-state index < -0.39 is 0 Å². The Kier molecular flexibility index (Phi) is 32.3. The van der Waals surface area contributed by atoms with E-state index in [1.165, 1.54) is 13.3 Å². The Morgan fingerprint density at radius 3 is 1.13 bits per heavy atom. The number of alkyl halides is 1. The number of nitriles is 4. The molecule has 23 heteroatoms. The molecule has 1 saturated heterocycles. The summed E-state index contributed by atoms with van der Waals surface area (Å²) >= 11 is 11.1. The van der Waals surface area contributed by atoms with Gasteiger partial charge in [-0.25, -0.2) is 0 Å². The summed E-state index contributed by atoms with van der Waals surface area (Å²) in [5, 5.41) is 35.9. The Morgan fingerprint density at radius 1 is 0.471 bits per heavy atom. The number of ketones is 5. The van der Waals surface area contributed by atoms with Gasteiger partial charge in [0.1, 0.15) is 17.3 Å². The van der Waals surface area contributed by atoms with Gasteiger partial charge in [0.2, 0.25) is 0 Å². The number of nitrogens with zero attached hydrogens (tertiary/aromatic N) is 13. The van der Waals surface area contributed by atoms with Crippen molar-refractivity contribution < 1.29 is 61.1 Å². The van der Waals surface area contributed by atoms with Gasteiger partial charge in [-0.2, -0.15) is 21.0 Å². The third-order valence-corrected chi connectivity index (χ3v) is 17.4. The van der Waals surface area contributed by atoms with Crippen molar-refractivity contribution in [3.05, 3.63) is 248 Å². The average Bonchev–Trinajstić information content (AvgIpc) is 1.60. The molecule has 0 saturated carbocycles. The van der Waals surface area contributed by atoms with E-state index >= 15 is 0 Å². The molecule has 18 nitrogen and oxygen atoms in total. The molecule has 0 N–H and O–H groups in total. The molecule has 1 fully saturated rings. The number of rotatable bonds is 15. The van der Waals surface area contributed by atoms with E-state index in [-0.39, 0.29) is 93.2 Å². The predicted octanol–water partition coefficient (Wildman–Crippen LogP) is 17.4. The maximum atomic E-state index is 13.4. The first kappa shape index (κ1) is 85.2. The smallest absolute Gasteiger partial charge is 0.181 e. The number of halogens is 3. The first-order valence-electron chi connectivity index (χ1n) is 31.9. The van der Waals surface area contributed by atoms with Crippen molar-refractivity contribution in [3.8, 4) is 47.0 Å². The fourth-order valence-electron chi connectivity index (χ4n) is 12.5. The van der Waals surface area contributed by atoms with Gasteiger partial charge in [-0.15, -0.1) is 11.6 Å². The summed E-state index contributed by atoms with van der Waals surface area (Å²) in [5.74, 6) is -0.0389. The van der Waals surface area contributed by atoms with Gasteiger partial charge in [0.15, 0.2) is 11.6 Å². The van der Waals surface area contributed by atoms with E-state index in [0.29, 0.717) is 63.8 Å². The maximum absolute atomic E-state index is 13.4. The monoisotopic (exact) mass is 1650 g/mol. The molecule has 1 aliphatic rings. The molecule has 0 spiro atoms. The van der Waals surface area contributed by atoms with Gasteiger partial charge in [-0.1, -0.05) is 13.8 Å². The summed E-state index contributed by atoms with van der Waals surface area (Å²) in [6.07, 6.45) is 11.3. The van der Waals surface area contributed by atoms with Gasteiger partial charge in [0, 0.05) is 131 Å². The molecule has 12 aromatic rings. The maximum Gasteiger partial charge on any atom is 0.181 e. The molecule has 13 rings (SSSR count). The molecular formula is C81H76BrClIN13O5V2-2. The van der Waals surface area contributed by atoms with Crippen LogP contribution < -0.4 is 0 Å². The molecule has 0 bridgehead atoms. The molecule has 0 unspecified atom stereocenters. The average molecular weight is 1660 g/mol. The van der Waals surface area contributed by atoms with E-state index in [4.69, 9.17) is 32.6 Å². The molecule has 1 aliphatic heterocycles. The van der Waals surface area contributed by atoms with Crippen molar-refractivity contribution in [2.24, 2.45) is 0 Å². The largest absolute Gasteiger partial charge is 0.358 e. The number of piperidine rings is 1. The minimum absolute atomic E-state index is 0. The Morgan fingerprint density at radius 2 is 0.788 bits per heavy atom. The third-order valence-electron chi connectivity index (χ3n) is 16.8. The van der Waals surface area contributed by atoms with Crippen LogP contribution in [-0.4, -0.2) is 97.5 Å². The molecule has 9 heterocycles. The molecule has 8 aromatic heterocycles. The molecule has 2 radical (unpaired) electrons. The Balaban J connectivity index is 0.000000247. The third kappa shape index (κ3) is 20.1. The molecule has 0 amide bonds. The normalized spacial score (nSPS) is 11.2. The minimum atomic E-state index is -0.201. The van der Waals surface area contributed by atoms with Crippen LogP contribution in [0.5, 0.6) is 0 Å². The molecule has 528 valence electrons. The second kappa shape index (κ2) is 39.5. The van der Waals surface area contributed by atoms with E-state index in [0.717, 1.165) is 126 Å². The standard InChI is InChI=1S/C25H26N4O2.C20H16ClN3O2.C18H15N3O.C15H10BrN3.CH2I.CH4.CH3.2V/c1-17(30)12-20-13-22-25(27-15-20)24(23(31)16-28-10-4-3-5-11-28)18(2)29(22)21-8-6-19(14-26)7-9-21;1-12(25)7-15-8-17-20(23-11-15)19(18(26)9-21)13(2)24(17)16-5-3-14(10-22)4-6-16;1-12-7-17-18(9-15(11-20-17)8-13(2)22)21(12)16-5-3-14(10-19)4-6-16;1-10-6-14-15(7-12(16)9-18-14)19(10)13-4-2-11(8-17)3-5-13;1-2;;;;/h6-9,13,15H,3-5,10-12,16H2,1-2H3;3-6,8,11H,7,9H2,1-2H3;3-7,9,11H,8H2,1-2H3;2-7,9H,1H3;1H2;1H4;1H3;;/q;;;;-1;;-1;;. The number of aromatic nitrogens is 8. The van der Waals surface area contributed by atoms with Crippen LogP contribution >= 0.6 is 50.1 Å². The fraction of sp³-hybridized carbons (Fsp3) is 0.222. The number of hydrogen-bond acceptors (Lipinski definition) is 14. The zero-order chi connectivity index (χ0) is 71.9. The Labute approximate surface area is 657 Å². The first-order valence-corrected chi connectivity index (χ1v) is 34.8. The Hall–Kier alpha value is -9.42. The number of aryl methyl sites for hydroxylation is 2. The second-order valence-corrected chi connectivity index (χ2v) is 25.3. The summed E-state index contributed by atoms with van der Waals surface area (Å²) in [7, 11) is 0. The van der Waals surface area contributed by atoms with Crippen LogP contribution in [0.15, 0.2) is 163 Å². The molecule has 0 atom stereocenters. The molecular weight excluding hydrogens is 1580 g/mol. The van der Waals surface area contributed by atoms with Crippen molar-refractivity contribution in [2.45, 2.75) is 94.4 Å². The van der Waals surface area contributed by atoms with Crippen LogP contribution in [0, 0.1) is 85.4 Å². The summed E-state index contributed by atoms with van der Waals surface area (Å²) in [4.78, 5) is 83.5. The van der Waals surface area contributed by atoms with Gasteiger partial charge >= 0.3 is 0 Å². The minimum Gasteiger partial charge on any atom is -0.358 e. The first-order chi connectivity index (χ1) is 48.2. The van der Waals surface area contributed by atoms with Gasteiger partial charge < -0.3 is 48.3 Å². The number of Topliss-reactive ketones (excluding diaryl/α,β-unsaturated/α-hetero) is 5. The van der Waals surface area contributed by atoms with Gasteiger partial charge in [0.25, 0.3) is 0 Å². The summed E-state index contributed by atoms with van der Waals surface area (Å²) < 4.78 is 9.10.